The van der Waals surface area contributed by atoms with Crippen molar-refractivity contribution >= 4 is 47.0 Å². The fraction of sp³-hybridized carbons (Fsp3) is 0. The third kappa shape index (κ3) is 2.39. The molecule has 0 radical (unpaired) electrons. The van der Waals surface area contributed by atoms with Gasteiger partial charge in [-0.2, -0.15) is 10.1 Å². The Morgan fingerprint density at radius 3 is 2.73 bits per heavy atom. The minimum absolute atomic E-state index is 0.302. The van der Waals surface area contributed by atoms with Gasteiger partial charge in [-0.15, -0.1) is 11.3 Å². The Morgan fingerprint density at radius 1 is 1.53 bits per heavy atom. The number of aromatic amines is 1. The summed E-state index contributed by atoms with van der Waals surface area (Å²) in [6, 6.07) is 1.79. The van der Waals surface area contributed by atoms with E-state index in [9.17, 15) is 8.42 Å². The average molecular weight is 329 g/mol. The van der Waals surface area contributed by atoms with E-state index in [0.717, 1.165) is 9.35 Å². The second kappa shape index (κ2) is 3.85. The van der Waals surface area contributed by atoms with E-state index in [4.69, 9.17) is 10.7 Å². The summed E-state index contributed by atoms with van der Waals surface area (Å²) in [4.78, 5) is 3.76. The lowest BCUT2D eigenvalue weighted by atomic mass is 10.3. The molecule has 0 aromatic carbocycles. The summed E-state index contributed by atoms with van der Waals surface area (Å²) in [5, 5.41) is 7.47. The monoisotopic (exact) mass is 327 g/mol. The van der Waals surface area contributed by atoms with Crippen molar-refractivity contribution in [2.45, 2.75) is 5.16 Å². The van der Waals surface area contributed by atoms with Gasteiger partial charge < -0.3 is 0 Å². The zero-order valence-electron chi connectivity index (χ0n) is 6.94. The molecule has 1 N–H and O–H groups in total. The highest BCUT2D eigenvalue weighted by molar-refractivity contribution is 9.11. The molecule has 0 amide bonds. The Labute approximate surface area is 102 Å². The van der Waals surface area contributed by atoms with Crippen molar-refractivity contribution in [3.8, 4) is 11.4 Å². The van der Waals surface area contributed by atoms with Crippen LogP contribution in [0.4, 0.5) is 0 Å². The molecule has 0 aliphatic carbocycles. The van der Waals surface area contributed by atoms with Gasteiger partial charge in [0, 0.05) is 21.6 Å². The van der Waals surface area contributed by atoms with Gasteiger partial charge in [-0.1, -0.05) is 0 Å². The molecule has 9 heteroatoms. The second-order valence-corrected chi connectivity index (χ2v) is 7.31. The van der Waals surface area contributed by atoms with Crippen LogP contribution in [0.15, 0.2) is 20.4 Å². The normalized spacial score (nSPS) is 11.9. The van der Waals surface area contributed by atoms with Gasteiger partial charge in [0.2, 0.25) is 0 Å². The molecule has 2 heterocycles. The molecule has 5 nitrogen and oxygen atoms in total. The zero-order valence-corrected chi connectivity index (χ0v) is 10.9. The summed E-state index contributed by atoms with van der Waals surface area (Å²) in [5.41, 5.74) is 0.731. The number of nitrogens with one attached hydrogen (secondary N) is 1. The maximum absolute atomic E-state index is 10.9. The molecule has 2 aromatic heterocycles. The van der Waals surface area contributed by atoms with E-state index in [1.165, 1.54) is 11.3 Å². The zero-order chi connectivity index (χ0) is 11.1. The van der Waals surface area contributed by atoms with E-state index in [1.807, 2.05) is 0 Å². The lowest BCUT2D eigenvalue weighted by Crippen LogP contribution is -1.92. The Bertz CT molecular complexity index is 591. The van der Waals surface area contributed by atoms with Gasteiger partial charge in [0.25, 0.3) is 14.2 Å². The molecular formula is C6H3BrClN3O2S2. The number of halogens is 2. The molecule has 0 fully saturated rings. The summed E-state index contributed by atoms with van der Waals surface area (Å²) >= 11 is 4.74. The van der Waals surface area contributed by atoms with Gasteiger partial charge >= 0.3 is 0 Å². The molecule has 0 aliphatic rings. The van der Waals surface area contributed by atoms with E-state index in [0.29, 0.717) is 5.82 Å². The molecular weight excluding hydrogens is 326 g/mol. The predicted octanol–water partition coefficient (Wildman–Crippen LogP) is 2.22. The maximum atomic E-state index is 10.9. The molecule has 80 valence electrons. The number of rotatable bonds is 2. The van der Waals surface area contributed by atoms with Gasteiger partial charge in [0.1, 0.15) is 0 Å². The number of H-pyrrole nitrogens is 1. The number of aromatic nitrogens is 3. The van der Waals surface area contributed by atoms with Gasteiger partial charge in [0.05, 0.1) is 3.79 Å². The first kappa shape index (κ1) is 11.1. The Kier molecular flexibility index (Phi) is 2.84. The standard InChI is InChI=1S/C6H3BrClN3O2S2/c7-4-1-3(2-14-4)5-9-6(11-10-5)15(8,12)13/h1-2H,(H,9,10,11). The van der Waals surface area contributed by atoms with E-state index in [1.54, 1.807) is 11.4 Å². The summed E-state index contributed by atoms with van der Waals surface area (Å²) < 4.78 is 22.7. The molecule has 2 rings (SSSR count). The Balaban J connectivity index is 2.44. The van der Waals surface area contributed by atoms with Crippen LogP contribution in [0.25, 0.3) is 11.4 Å². The van der Waals surface area contributed by atoms with Crippen LogP contribution < -0.4 is 0 Å². The van der Waals surface area contributed by atoms with Crippen LogP contribution in [-0.2, 0) is 9.05 Å². The highest BCUT2D eigenvalue weighted by Gasteiger charge is 2.17. The molecule has 0 spiro atoms. The molecule has 0 bridgehead atoms. The average Bonchev–Trinajstić information content (AvgIpc) is 2.69. The summed E-state index contributed by atoms with van der Waals surface area (Å²) in [6.45, 7) is 0. The molecule has 0 atom stereocenters. The fourth-order valence-corrected chi connectivity index (χ4v) is 2.60. The van der Waals surface area contributed by atoms with Crippen molar-refractivity contribution in [1.82, 2.24) is 15.2 Å². The Hall–Kier alpha value is -0.440. The first-order valence-electron chi connectivity index (χ1n) is 3.58. The Morgan fingerprint density at radius 2 is 2.27 bits per heavy atom. The van der Waals surface area contributed by atoms with Crippen LogP contribution in [0.3, 0.4) is 0 Å². The summed E-state index contributed by atoms with van der Waals surface area (Å²) in [6.07, 6.45) is 0. The summed E-state index contributed by atoms with van der Waals surface area (Å²) in [7, 11) is 1.25. The third-order valence-corrected chi connectivity index (χ3v) is 4.11. The van der Waals surface area contributed by atoms with Gasteiger partial charge in [-0.05, 0) is 22.0 Å². The fourth-order valence-electron chi connectivity index (χ4n) is 0.912. The van der Waals surface area contributed by atoms with Crippen molar-refractivity contribution < 1.29 is 8.42 Å². The quantitative estimate of drug-likeness (QED) is 0.858. The maximum Gasteiger partial charge on any atom is 0.296 e. The molecule has 0 unspecified atom stereocenters. The molecule has 0 aliphatic heterocycles. The van der Waals surface area contributed by atoms with E-state index in [-0.39, 0.29) is 5.16 Å². The van der Waals surface area contributed by atoms with Crippen molar-refractivity contribution in [2.75, 3.05) is 0 Å². The number of hydrogen-bond acceptors (Lipinski definition) is 5. The lowest BCUT2D eigenvalue weighted by molar-refractivity contribution is 0.602. The largest absolute Gasteiger partial charge is 0.296 e. The first-order valence-corrected chi connectivity index (χ1v) is 7.56. The van der Waals surface area contributed by atoms with Gasteiger partial charge in [0.15, 0.2) is 5.82 Å². The highest BCUT2D eigenvalue weighted by atomic mass is 79.9. The lowest BCUT2D eigenvalue weighted by Gasteiger charge is -1.85. The number of nitrogens with zero attached hydrogens (tertiary/aromatic N) is 2. The van der Waals surface area contributed by atoms with Crippen LogP contribution in [0.5, 0.6) is 0 Å². The van der Waals surface area contributed by atoms with Gasteiger partial charge in [-0.3, -0.25) is 0 Å². The summed E-state index contributed by atoms with van der Waals surface area (Å²) in [5.74, 6) is 0.302. The molecule has 0 saturated carbocycles. The van der Waals surface area contributed by atoms with Crippen molar-refractivity contribution in [3.05, 3.63) is 15.2 Å². The minimum atomic E-state index is -3.85. The minimum Gasteiger partial charge on any atom is -0.248 e. The second-order valence-electron chi connectivity index (χ2n) is 2.54. The van der Waals surface area contributed by atoms with Crippen LogP contribution in [0.1, 0.15) is 0 Å². The van der Waals surface area contributed by atoms with Crippen LogP contribution >= 0.6 is 37.9 Å². The SMILES string of the molecule is O=S(=O)(Cl)c1nc(-c2csc(Br)c2)n[nH]1. The number of thiophene rings is 1. The predicted molar refractivity (Wildman–Crippen MR) is 60.4 cm³/mol. The number of hydrogen-bond donors (Lipinski definition) is 1. The van der Waals surface area contributed by atoms with Crippen LogP contribution in [0, 0.1) is 0 Å². The van der Waals surface area contributed by atoms with E-state index in [2.05, 4.69) is 31.1 Å². The molecule has 2 aromatic rings. The molecule has 15 heavy (non-hydrogen) atoms. The van der Waals surface area contributed by atoms with Crippen molar-refractivity contribution in [3.63, 3.8) is 0 Å². The van der Waals surface area contributed by atoms with Crippen LogP contribution in [0.2, 0.25) is 0 Å². The molecule has 0 saturated heterocycles. The highest BCUT2D eigenvalue weighted by Crippen LogP contribution is 2.27. The van der Waals surface area contributed by atoms with E-state index < -0.39 is 9.05 Å². The smallest absolute Gasteiger partial charge is 0.248 e. The van der Waals surface area contributed by atoms with Crippen molar-refractivity contribution in [2.24, 2.45) is 0 Å². The first-order chi connectivity index (χ1) is 6.97. The topological polar surface area (TPSA) is 75.7 Å². The third-order valence-electron chi connectivity index (χ3n) is 1.52. The van der Waals surface area contributed by atoms with E-state index >= 15 is 0 Å². The van der Waals surface area contributed by atoms with Crippen molar-refractivity contribution in [1.29, 1.82) is 0 Å². The van der Waals surface area contributed by atoms with Crippen LogP contribution in [-0.4, -0.2) is 23.6 Å². The van der Waals surface area contributed by atoms with Gasteiger partial charge in [-0.25, -0.2) is 13.5 Å².